The highest BCUT2D eigenvalue weighted by Crippen LogP contribution is 2.37. The van der Waals surface area contributed by atoms with Gasteiger partial charge in [-0.05, 0) is 31.4 Å². The number of nitrogens with one attached hydrogen (secondary N) is 1. The quantitative estimate of drug-likeness (QED) is 0.816. The van der Waals surface area contributed by atoms with E-state index in [1.54, 1.807) is 31.2 Å². The fourth-order valence-electron chi connectivity index (χ4n) is 3.03. The summed E-state index contributed by atoms with van der Waals surface area (Å²) in [4.78, 5) is 37.3. The fourth-order valence-corrected chi connectivity index (χ4v) is 3.03. The highest BCUT2D eigenvalue weighted by molar-refractivity contribution is 6.21. The topological polar surface area (TPSA) is 86.7 Å². The molecule has 1 aliphatic heterocycles. The van der Waals surface area contributed by atoms with Crippen molar-refractivity contribution in [3.8, 4) is 0 Å². The van der Waals surface area contributed by atoms with Gasteiger partial charge in [-0.25, -0.2) is 4.79 Å². The first-order valence-corrected chi connectivity index (χ1v) is 7.45. The SMILES string of the molecule is C[C@H](NC(=O)O)[C@H](CC1CC1)N1C(=O)c2ccccc2C1=O. The molecule has 1 aliphatic carbocycles. The predicted octanol–water partition coefficient (Wildman–Crippen LogP) is 2.11. The Morgan fingerprint density at radius 3 is 2.27 bits per heavy atom. The first kappa shape index (κ1) is 14.6. The van der Waals surface area contributed by atoms with Gasteiger partial charge in [0, 0.05) is 0 Å². The molecule has 1 fully saturated rings. The van der Waals surface area contributed by atoms with Gasteiger partial charge in [0.1, 0.15) is 0 Å². The maximum absolute atomic E-state index is 12.6. The Kier molecular flexibility index (Phi) is 3.60. The number of carbonyl (C=O) groups excluding carboxylic acids is 2. The van der Waals surface area contributed by atoms with Crippen LogP contribution in [0, 0.1) is 5.92 Å². The van der Waals surface area contributed by atoms with Gasteiger partial charge in [0.15, 0.2) is 0 Å². The maximum atomic E-state index is 12.6. The summed E-state index contributed by atoms with van der Waals surface area (Å²) < 4.78 is 0. The first-order valence-electron chi connectivity index (χ1n) is 7.45. The zero-order valence-corrected chi connectivity index (χ0v) is 12.3. The van der Waals surface area contributed by atoms with E-state index in [0.29, 0.717) is 23.5 Å². The molecule has 2 N–H and O–H groups in total. The van der Waals surface area contributed by atoms with Gasteiger partial charge in [-0.1, -0.05) is 25.0 Å². The van der Waals surface area contributed by atoms with E-state index >= 15 is 0 Å². The van der Waals surface area contributed by atoms with Crippen molar-refractivity contribution in [1.29, 1.82) is 0 Å². The number of carboxylic acid groups (broad SMARTS) is 1. The van der Waals surface area contributed by atoms with Gasteiger partial charge in [-0.15, -0.1) is 0 Å². The number of hydrogen-bond acceptors (Lipinski definition) is 3. The van der Waals surface area contributed by atoms with Crippen LogP contribution in [-0.4, -0.2) is 40.0 Å². The molecular weight excluding hydrogens is 284 g/mol. The lowest BCUT2D eigenvalue weighted by Crippen LogP contribution is -2.52. The fraction of sp³-hybridized carbons (Fsp3) is 0.438. The number of rotatable bonds is 5. The van der Waals surface area contributed by atoms with Gasteiger partial charge in [-0.3, -0.25) is 14.5 Å². The Labute approximate surface area is 128 Å². The second kappa shape index (κ2) is 5.44. The van der Waals surface area contributed by atoms with Gasteiger partial charge >= 0.3 is 6.09 Å². The number of benzene rings is 1. The summed E-state index contributed by atoms with van der Waals surface area (Å²) >= 11 is 0. The van der Waals surface area contributed by atoms with E-state index in [4.69, 9.17) is 5.11 Å². The minimum atomic E-state index is -1.15. The van der Waals surface area contributed by atoms with E-state index in [-0.39, 0.29) is 11.8 Å². The minimum absolute atomic E-state index is 0.328. The Morgan fingerprint density at radius 2 is 1.82 bits per heavy atom. The number of carbonyl (C=O) groups is 3. The summed E-state index contributed by atoms with van der Waals surface area (Å²) in [6.07, 6.45) is 1.64. The molecule has 116 valence electrons. The summed E-state index contributed by atoms with van der Waals surface area (Å²) in [5.74, 6) is -0.192. The lowest BCUT2D eigenvalue weighted by Gasteiger charge is -2.31. The van der Waals surface area contributed by atoms with Crippen molar-refractivity contribution < 1.29 is 19.5 Å². The monoisotopic (exact) mass is 302 g/mol. The molecule has 1 aromatic rings. The molecule has 3 amide bonds. The molecular formula is C16H18N2O4. The molecule has 22 heavy (non-hydrogen) atoms. The summed E-state index contributed by atoms with van der Waals surface area (Å²) in [6, 6.07) is 5.78. The zero-order chi connectivity index (χ0) is 15.9. The molecule has 0 spiro atoms. The van der Waals surface area contributed by atoms with Gasteiger partial charge in [0.2, 0.25) is 0 Å². The Balaban J connectivity index is 1.89. The first-order chi connectivity index (χ1) is 10.5. The number of hydrogen-bond donors (Lipinski definition) is 2. The number of nitrogens with zero attached hydrogens (tertiary/aromatic N) is 1. The Bertz CT molecular complexity index is 604. The molecule has 0 aromatic heterocycles. The van der Waals surface area contributed by atoms with E-state index in [2.05, 4.69) is 5.32 Å². The maximum Gasteiger partial charge on any atom is 0.404 e. The number of amides is 3. The van der Waals surface area contributed by atoms with Crippen molar-refractivity contribution in [2.45, 2.75) is 38.3 Å². The lowest BCUT2D eigenvalue weighted by atomic mass is 10.0. The van der Waals surface area contributed by atoms with E-state index in [0.717, 1.165) is 12.8 Å². The molecule has 1 saturated carbocycles. The second-order valence-electron chi connectivity index (χ2n) is 6.01. The third-order valence-electron chi connectivity index (χ3n) is 4.36. The molecule has 3 rings (SSSR count). The van der Waals surface area contributed by atoms with E-state index in [1.165, 1.54) is 4.90 Å². The molecule has 1 heterocycles. The van der Waals surface area contributed by atoms with Gasteiger partial charge in [0.05, 0.1) is 23.2 Å². The van der Waals surface area contributed by atoms with Crippen LogP contribution in [0.4, 0.5) is 4.79 Å². The average molecular weight is 302 g/mol. The predicted molar refractivity (Wildman–Crippen MR) is 78.7 cm³/mol. The van der Waals surface area contributed by atoms with Crippen molar-refractivity contribution in [3.63, 3.8) is 0 Å². The van der Waals surface area contributed by atoms with Crippen molar-refractivity contribution >= 4 is 17.9 Å². The average Bonchev–Trinajstić information content (AvgIpc) is 3.25. The molecule has 6 heteroatoms. The summed E-state index contributed by atoms with van der Waals surface area (Å²) in [6.45, 7) is 1.70. The molecule has 6 nitrogen and oxygen atoms in total. The van der Waals surface area contributed by atoms with Crippen LogP contribution in [0.1, 0.15) is 46.9 Å². The van der Waals surface area contributed by atoms with Crippen molar-refractivity contribution in [1.82, 2.24) is 10.2 Å². The summed E-state index contributed by atoms with van der Waals surface area (Å²) in [7, 11) is 0. The molecule has 0 bridgehead atoms. The zero-order valence-electron chi connectivity index (χ0n) is 12.3. The smallest absolute Gasteiger partial charge is 0.404 e. The molecule has 1 aromatic carbocycles. The molecule has 0 saturated heterocycles. The lowest BCUT2D eigenvalue weighted by molar-refractivity contribution is 0.0534. The highest BCUT2D eigenvalue weighted by Gasteiger charge is 2.43. The van der Waals surface area contributed by atoms with E-state index in [9.17, 15) is 14.4 Å². The van der Waals surface area contributed by atoms with Crippen LogP contribution in [0.2, 0.25) is 0 Å². The van der Waals surface area contributed by atoms with Crippen LogP contribution >= 0.6 is 0 Å². The third-order valence-corrected chi connectivity index (χ3v) is 4.36. The molecule has 0 radical (unpaired) electrons. The normalized spacial score (nSPS) is 19.8. The van der Waals surface area contributed by atoms with E-state index < -0.39 is 18.2 Å². The number of fused-ring (bicyclic) bond motifs is 1. The number of imide groups is 1. The summed E-state index contributed by atoms with van der Waals surface area (Å²) in [5, 5.41) is 11.3. The largest absolute Gasteiger partial charge is 0.465 e. The van der Waals surface area contributed by atoms with Crippen molar-refractivity contribution in [3.05, 3.63) is 35.4 Å². The van der Waals surface area contributed by atoms with Gasteiger partial charge in [0.25, 0.3) is 11.8 Å². The van der Waals surface area contributed by atoms with Crippen LogP contribution in [0.25, 0.3) is 0 Å². The standard InChI is InChI=1S/C16H18N2O4/c1-9(17-16(21)22)13(8-10-6-7-10)18-14(19)11-4-2-3-5-12(11)15(18)20/h2-5,9-10,13,17H,6-8H2,1H3,(H,21,22)/t9-,13-/m0/s1. The molecule has 2 atom stereocenters. The Morgan fingerprint density at radius 1 is 1.27 bits per heavy atom. The van der Waals surface area contributed by atoms with Crippen LogP contribution in [0.15, 0.2) is 24.3 Å². The second-order valence-corrected chi connectivity index (χ2v) is 6.01. The van der Waals surface area contributed by atoms with Crippen molar-refractivity contribution in [2.24, 2.45) is 5.92 Å². The highest BCUT2D eigenvalue weighted by atomic mass is 16.4. The van der Waals surface area contributed by atoms with Crippen LogP contribution in [0.5, 0.6) is 0 Å². The third kappa shape index (κ3) is 2.56. The van der Waals surface area contributed by atoms with E-state index in [1.807, 2.05) is 0 Å². The minimum Gasteiger partial charge on any atom is -0.465 e. The van der Waals surface area contributed by atoms with Gasteiger partial charge < -0.3 is 10.4 Å². The van der Waals surface area contributed by atoms with Gasteiger partial charge in [-0.2, -0.15) is 0 Å². The Hall–Kier alpha value is -2.37. The molecule has 2 aliphatic rings. The van der Waals surface area contributed by atoms with Crippen LogP contribution in [0.3, 0.4) is 0 Å². The van der Waals surface area contributed by atoms with Crippen LogP contribution < -0.4 is 5.32 Å². The summed E-state index contributed by atoms with van der Waals surface area (Å²) in [5.41, 5.74) is 0.798. The van der Waals surface area contributed by atoms with Crippen molar-refractivity contribution in [2.75, 3.05) is 0 Å². The van der Waals surface area contributed by atoms with Crippen LogP contribution in [-0.2, 0) is 0 Å². The molecule has 0 unspecified atom stereocenters.